The van der Waals surface area contributed by atoms with Crippen LogP contribution in [0.3, 0.4) is 0 Å². The molecule has 0 aromatic heterocycles. The summed E-state index contributed by atoms with van der Waals surface area (Å²) in [5, 5.41) is 11.5. The van der Waals surface area contributed by atoms with Crippen LogP contribution >= 0.6 is 15.9 Å². The molecule has 1 aromatic carbocycles. The normalized spacial score (nSPS) is 10.8. The van der Waals surface area contributed by atoms with Crippen LogP contribution in [0.5, 0.6) is 5.75 Å². The fraction of sp³-hybridized carbons (Fsp3) is 0.308. The summed E-state index contributed by atoms with van der Waals surface area (Å²) >= 11 is 3.42. The van der Waals surface area contributed by atoms with Crippen molar-refractivity contribution in [1.82, 2.24) is 5.32 Å². The summed E-state index contributed by atoms with van der Waals surface area (Å²) in [7, 11) is 1.65. The van der Waals surface area contributed by atoms with Gasteiger partial charge in [-0.25, -0.2) is 4.79 Å². The molecular weight excluding hydrogens is 298 g/mol. The molecule has 0 saturated heterocycles. The number of aliphatic carboxylic acids is 1. The number of carbonyl (C=O) groups is 1. The van der Waals surface area contributed by atoms with Gasteiger partial charge in [0.15, 0.2) is 0 Å². The molecule has 0 radical (unpaired) electrons. The zero-order valence-corrected chi connectivity index (χ0v) is 11.7. The van der Waals surface area contributed by atoms with Crippen molar-refractivity contribution in [2.24, 2.45) is 0 Å². The number of benzene rings is 1. The van der Waals surface area contributed by atoms with E-state index < -0.39 is 5.97 Å². The Hall–Kier alpha value is -1.33. The molecule has 0 bridgehead atoms. The van der Waals surface area contributed by atoms with Gasteiger partial charge < -0.3 is 15.2 Å². The lowest BCUT2D eigenvalue weighted by atomic mass is 10.1. The Balaban J connectivity index is 2.39. The standard InChI is InChI=1S/C13H16BrNO3/c1-18-12-5-4-11(14)9-10(12)6-8-15-7-2-3-13(16)17/h2-5,9,15H,6-8H2,1H3,(H,16,17)/b3-2+. The molecule has 2 N–H and O–H groups in total. The molecule has 0 fully saturated rings. The zero-order chi connectivity index (χ0) is 13.4. The highest BCUT2D eigenvalue weighted by Crippen LogP contribution is 2.22. The van der Waals surface area contributed by atoms with Crippen molar-refractivity contribution in [2.45, 2.75) is 6.42 Å². The molecule has 0 saturated carbocycles. The average Bonchev–Trinajstić information content (AvgIpc) is 2.33. The number of ether oxygens (including phenoxy) is 1. The van der Waals surface area contributed by atoms with Crippen LogP contribution in [-0.2, 0) is 11.2 Å². The molecule has 0 spiro atoms. The van der Waals surface area contributed by atoms with Crippen molar-refractivity contribution in [3.8, 4) is 5.75 Å². The molecular formula is C13H16BrNO3. The molecule has 0 aliphatic carbocycles. The van der Waals surface area contributed by atoms with Gasteiger partial charge in [0.25, 0.3) is 0 Å². The van der Waals surface area contributed by atoms with Crippen LogP contribution < -0.4 is 10.1 Å². The lowest BCUT2D eigenvalue weighted by molar-refractivity contribution is -0.131. The predicted octanol–water partition coefficient (Wildman–Crippen LogP) is 2.23. The quantitative estimate of drug-likeness (QED) is 0.598. The second-order valence-corrected chi connectivity index (χ2v) is 4.57. The maximum atomic E-state index is 10.2. The highest BCUT2D eigenvalue weighted by Gasteiger charge is 2.02. The number of halogens is 1. The van der Waals surface area contributed by atoms with E-state index in [1.54, 1.807) is 13.2 Å². The summed E-state index contributed by atoms with van der Waals surface area (Å²) in [6.45, 7) is 1.30. The summed E-state index contributed by atoms with van der Waals surface area (Å²) in [6, 6.07) is 5.88. The van der Waals surface area contributed by atoms with Gasteiger partial charge in [-0.05, 0) is 36.7 Å². The third-order valence-corrected chi connectivity index (χ3v) is 2.83. The average molecular weight is 314 g/mol. The minimum absolute atomic E-state index is 0.544. The van der Waals surface area contributed by atoms with Gasteiger partial charge >= 0.3 is 5.97 Å². The van der Waals surface area contributed by atoms with Gasteiger partial charge in [-0.15, -0.1) is 0 Å². The van der Waals surface area contributed by atoms with Crippen LogP contribution in [-0.4, -0.2) is 31.3 Å². The third-order valence-electron chi connectivity index (χ3n) is 2.34. The first-order valence-electron chi connectivity index (χ1n) is 5.56. The van der Waals surface area contributed by atoms with Crippen LogP contribution in [0.1, 0.15) is 5.56 Å². The topological polar surface area (TPSA) is 58.6 Å². The largest absolute Gasteiger partial charge is 0.496 e. The van der Waals surface area contributed by atoms with Crippen molar-refractivity contribution >= 4 is 21.9 Å². The molecule has 0 aliphatic heterocycles. The summed E-state index contributed by atoms with van der Waals surface area (Å²) in [4.78, 5) is 10.2. The SMILES string of the molecule is COc1ccc(Br)cc1CCNC/C=C/C(=O)O. The van der Waals surface area contributed by atoms with E-state index in [9.17, 15) is 4.79 Å². The molecule has 5 heteroatoms. The second kappa shape index (κ2) is 7.89. The van der Waals surface area contributed by atoms with Crippen LogP contribution in [0.4, 0.5) is 0 Å². The summed E-state index contributed by atoms with van der Waals surface area (Å²) < 4.78 is 6.29. The number of carboxylic acids is 1. The number of nitrogens with one attached hydrogen (secondary N) is 1. The summed E-state index contributed by atoms with van der Waals surface area (Å²) in [5.74, 6) is -0.0634. The molecule has 4 nitrogen and oxygen atoms in total. The van der Waals surface area contributed by atoms with E-state index in [1.165, 1.54) is 0 Å². The molecule has 0 aliphatic rings. The van der Waals surface area contributed by atoms with Gasteiger partial charge in [0, 0.05) is 17.1 Å². The van der Waals surface area contributed by atoms with E-state index in [2.05, 4.69) is 21.2 Å². The van der Waals surface area contributed by atoms with E-state index in [0.29, 0.717) is 6.54 Å². The van der Waals surface area contributed by atoms with Gasteiger partial charge in [-0.3, -0.25) is 0 Å². The number of methoxy groups -OCH3 is 1. The van der Waals surface area contributed by atoms with Gasteiger partial charge in [0.05, 0.1) is 7.11 Å². The molecule has 98 valence electrons. The molecule has 1 rings (SSSR count). The molecule has 0 amide bonds. The third kappa shape index (κ3) is 5.33. The fourth-order valence-corrected chi connectivity index (χ4v) is 1.92. The lowest BCUT2D eigenvalue weighted by Crippen LogP contribution is -2.17. The Morgan fingerprint density at radius 2 is 2.33 bits per heavy atom. The molecule has 18 heavy (non-hydrogen) atoms. The number of hydrogen-bond donors (Lipinski definition) is 2. The number of hydrogen-bond acceptors (Lipinski definition) is 3. The van der Waals surface area contributed by atoms with Crippen molar-refractivity contribution in [2.75, 3.05) is 20.2 Å². The first kappa shape index (κ1) is 14.7. The van der Waals surface area contributed by atoms with Crippen molar-refractivity contribution in [3.63, 3.8) is 0 Å². The van der Waals surface area contributed by atoms with Crippen LogP contribution in [0.15, 0.2) is 34.8 Å². The van der Waals surface area contributed by atoms with Gasteiger partial charge in [0.1, 0.15) is 5.75 Å². The Bertz CT molecular complexity index is 432. The van der Waals surface area contributed by atoms with Gasteiger partial charge in [-0.1, -0.05) is 22.0 Å². The van der Waals surface area contributed by atoms with Crippen LogP contribution in [0, 0.1) is 0 Å². The van der Waals surface area contributed by atoms with Gasteiger partial charge in [-0.2, -0.15) is 0 Å². The van der Waals surface area contributed by atoms with E-state index in [0.717, 1.165) is 34.8 Å². The highest BCUT2D eigenvalue weighted by atomic mass is 79.9. The predicted molar refractivity (Wildman–Crippen MR) is 74.0 cm³/mol. The Labute approximate surface area is 115 Å². The zero-order valence-electron chi connectivity index (χ0n) is 10.1. The molecule has 0 heterocycles. The maximum absolute atomic E-state index is 10.2. The number of rotatable bonds is 7. The minimum Gasteiger partial charge on any atom is -0.496 e. The van der Waals surface area contributed by atoms with Crippen LogP contribution in [0.2, 0.25) is 0 Å². The Morgan fingerprint density at radius 3 is 3.00 bits per heavy atom. The first-order valence-corrected chi connectivity index (χ1v) is 6.35. The fourth-order valence-electron chi connectivity index (χ4n) is 1.51. The molecule has 0 atom stereocenters. The van der Waals surface area contributed by atoms with Crippen molar-refractivity contribution in [1.29, 1.82) is 0 Å². The van der Waals surface area contributed by atoms with E-state index in [-0.39, 0.29) is 0 Å². The Morgan fingerprint density at radius 1 is 1.56 bits per heavy atom. The monoisotopic (exact) mass is 313 g/mol. The van der Waals surface area contributed by atoms with Crippen molar-refractivity contribution < 1.29 is 14.6 Å². The smallest absolute Gasteiger partial charge is 0.328 e. The van der Waals surface area contributed by atoms with Crippen LogP contribution in [0.25, 0.3) is 0 Å². The molecule has 0 unspecified atom stereocenters. The van der Waals surface area contributed by atoms with E-state index in [1.807, 2.05) is 18.2 Å². The lowest BCUT2D eigenvalue weighted by Gasteiger charge is -2.09. The highest BCUT2D eigenvalue weighted by molar-refractivity contribution is 9.10. The Kier molecular flexibility index (Phi) is 6.46. The second-order valence-electron chi connectivity index (χ2n) is 3.65. The first-order chi connectivity index (χ1) is 8.63. The molecule has 1 aromatic rings. The van der Waals surface area contributed by atoms with E-state index in [4.69, 9.17) is 9.84 Å². The van der Waals surface area contributed by atoms with E-state index >= 15 is 0 Å². The maximum Gasteiger partial charge on any atom is 0.328 e. The summed E-state index contributed by atoms with van der Waals surface area (Å²) in [5.41, 5.74) is 1.11. The van der Waals surface area contributed by atoms with Gasteiger partial charge in [0.2, 0.25) is 0 Å². The summed E-state index contributed by atoms with van der Waals surface area (Å²) in [6.07, 6.45) is 3.54. The number of carboxylic acid groups (broad SMARTS) is 1. The minimum atomic E-state index is -0.926. The van der Waals surface area contributed by atoms with Crippen molar-refractivity contribution in [3.05, 3.63) is 40.4 Å².